The zero-order valence-electron chi connectivity index (χ0n) is 23.8. The van der Waals surface area contributed by atoms with E-state index in [9.17, 15) is 4.79 Å². The molecule has 206 valence electrons. The van der Waals surface area contributed by atoms with Gasteiger partial charge in [-0.2, -0.15) is 5.10 Å². The number of amides is 1. The predicted molar refractivity (Wildman–Crippen MR) is 155 cm³/mol. The molecule has 1 saturated heterocycles. The first-order valence-electron chi connectivity index (χ1n) is 13.6. The zero-order valence-corrected chi connectivity index (χ0v) is 23.8. The molecule has 10 nitrogen and oxygen atoms in total. The molecule has 5 aromatic heterocycles. The van der Waals surface area contributed by atoms with Gasteiger partial charge in [-0.25, -0.2) is 9.67 Å². The molecule has 1 N–H and O–H groups in total. The Balaban J connectivity index is 1.55. The summed E-state index contributed by atoms with van der Waals surface area (Å²) in [5.41, 5.74) is 6.90. The van der Waals surface area contributed by atoms with Crippen molar-refractivity contribution in [3.63, 3.8) is 0 Å². The average molecular weight is 539 g/mol. The van der Waals surface area contributed by atoms with Gasteiger partial charge in [0.2, 0.25) is 0 Å². The number of nitrogens with zero attached hydrogens (tertiary/aromatic N) is 7. The standard InChI is InChI=1S/C30H34N8O2/c1-17(2)28-27-18(3)29(30(39)37-11-9-31-10-12-37)36(5)24(27)14-26(35-28)38-23-13-22(34-19(4)20(23)16-33-38)21-15-32-8-7-25(21)40-6/h7-8,13-17,31H,9-12H2,1-6H3. The van der Waals surface area contributed by atoms with Crippen LogP contribution in [0.4, 0.5) is 0 Å². The summed E-state index contributed by atoms with van der Waals surface area (Å²) in [5, 5.41) is 10.1. The van der Waals surface area contributed by atoms with Gasteiger partial charge in [-0.3, -0.25) is 14.8 Å². The maximum absolute atomic E-state index is 13.7. The Morgan fingerprint density at radius 1 is 1.07 bits per heavy atom. The summed E-state index contributed by atoms with van der Waals surface area (Å²) in [6.45, 7) is 11.3. The van der Waals surface area contributed by atoms with Crippen molar-refractivity contribution in [2.24, 2.45) is 7.05 Å². The molecule has 0 saturated carbocycles. The third-order valence-electron chi connectivity index (χ3n) is 7.85. The third-order valence-corrected chi connectivity index (χ3v) is 7.85. The minimum absolute atomic E-state index is 0.0650. The van der Waals surface area contributed by atoms with Crippen LogP contribution in [0.5, 0.6) is 5.75 Å². The smallest absolute Gasteiger partial charge is 0.270 e. The predicted octanol–water partition coefficient (Wildman–Crippen LogP) is 4.16. The molecular weight excluding hydrogens is 504 g/mol. The maximum Gasteiger partial charge on any atom is 0.270 e. The van der Waals surface area contributed by atoms with Gasteiger partial charge in [-0.05, 0) is 37.5 Å². The topological polar surface area (TPSA) is 103 Å². The fourth-order valence-corrected chi connectivity index (χ4v) is 5.78. The highest BCUT2D eigenvalue weighted by atomic mass is 16.5. The summed E-state index contributed by atoms with van der Waals surface area (Å²) in [5.74, 6) is 1.61. The van der Waals surface area contributed by atoms with Gasteiger partial charge in [0.25, 0.3) is 5.91 Å². The Morgan fingerprint density at radius 3 is 2.58 bits per heavy atom. The molecular formula is C30H34N8O2. The van der Waals surface area contributed by atoms with Crippen LogP contribution in [0.15, 0.2) is 36.8 Å². The molecule has 0 aromatic carbocycles. The first kappa shape index (κ1) is 25.9. The second kappa shape index (κ2) is 10.0. The number of nitrogens with one attached hydrogen (secondary N) is 1. The van der Waals surface area contributed by atoms with Gasteiger partial charge in [-0.15, -0.1) is 0 Å². The number of aryl methyl sites for hydroxylation is 3. The Morgan fingerprint density at radius 2 is 1.85 bits per heavy atom. The molecule has 40 heavy (non-hydrogen) atoms. The van der Waals surface area contributed by atoms with Crippen molar-refractivity contribution in [2.75, 3.05) is 33.3 Å². The number of rotatable bonds is 5. The van der Waals surface area contributed by atoms with E-state index in [1.54, 1.807) is 19.5 Å². The van der Waals surface area contributed by atoms with Crippen molar-refractivity contribution >= 4 is 27.7 Å². The molecule has 0 bridgehead atoms. The monoisotopic (exact) mass is 538 g/mol. The second-order valence-corrected chi connectivity index (χ2v) is 10.6. The molecule has 0 atom stereocenters. The summed E-state index contributed by atoms with van der Waals surface area (Å²) in [6.07, 6.45) is 5.30. The van der Waals surface area contributed by atoms with E-state index < -0.39 is 0 Å². The number of methoxy groups -OCH3 is 1. The first-order chi connectivity index (χ1) is 19.3. The molecule has 1 aliphatic heterocycles. The number of carbonyl (C=O) groups excluding carboxylic acids is 1. The van der Waals surface area contributed by atoms with Crippen LogP contribution in [0.1, 0.15) is 47.2 Å². The molecule has 0 spiro atoms. The molecule has 1 aliphatic rings. The average Bonchev–Trinajstić information content (AvgIpc) is 3.51. The van der Waals surface area contributed by atoms with Crippen LogP contribution in [0.2, 0.25) is 0 Å². The highest BCUT2D eigenvalue weighted by Gasteiger charge is 2.27. The van der Waals surface area contributed by atoms with E-state index in [1.807, 2.05) is 59.4 Å². The number of hydrogen-bond acceptors (Lipinski definition) is 7. The fourth-order valence-electron chi connectivity index (χ4n) is 5.78. The largest absolute Gasteiger partial charge is 0.496 e. The van der Waals surface area contributed by atoms with E-state index in [-0.39, 0.29) is 11.8 Å². The molecule has 1 amide bonds. The van der Waals surface area contributed by atoms with Crippen LogP contribution in [0.25, 0.3) is 38.9 Å². The Labute approximate surface area is 233 Å². The van der Waals surface area contributed by atoms with Crippen molar-refractivity contribution < 1.29 is 9.53 Å². The second-order valence-electron chi connectivity index (χ2n) is 10.6. The Bertz CT molecular complexity index is 1760. The Hall–Kier alpha value is -4.31. The summed E-state index contributed by atoms with van der Waals surface area (Å²) < 4.78 is 9.46. The van der Waals surface area contributed by atoms with Gasteiger partial charge < -0.3 is 19.5 Å². The van der Waals surface area contributed by atoms with Gasteiger partial charge in [0.1, 0.15) is 11.4 Å². The summed E-state index contributed by atoms with van der Waals surface area (Å²) >= 11 is 0. The fraction of sp³-hybridized carbons (Fsp3) is 0.367. The van der Waals surface area contributed by atoms with E-state index in [0.29, 0.717) is 30.4 Å². The highest BCUT2D eigenvalue weighted by molar-refractivity contribution is 6.03. The molecule has 5 aromatic rings. The first-order valence-corrected chi connectivity index (χ1v) is 13.6. The molecule has 0 unspecified atom stereocenters. The minimum atomic E-state index is 0.0650. The number of fused-ring (bicyclic) bond motifs is 2. The lowest BCUT2D eigenvalue weighted by Gasteiger charge is -2.27. The van der Waals surface area contributed by atoms with Crippen molar-refractivity contribution in [1.29, 1.82) is 0 Å². The van der Waals surface area contributed by atoms with Gasteiger partial charge in [0, 0.05) is 68.2 Å². The summed E-state index contributed by atoms with van der Waals surface area (Å²) in [4.78, 5) is 29.9. The van der Waals surface area contributed by atoms with E-state index in [4.69, 9.17) is 19.8 Å². The number of pyridine rings is 3. The SMILES string of the molecule is COc1ccncc1-c1cc2c(cnn2-c2cc3c(c(C(C)C)n2)c(C)c(C(=O)N2CCNCC2)n3C)c(C)n1. The van der Waals surface area contributed by atoms with Crippen LogP contribution >= 0.6 is 0 Å². The van der Waals surface area contributed by atoms with E-state index in [1.165, 1.54) is 0 Å². The highest BCUT2D eigenvalue weighted by Crippen LogP contribution is 2.35. The van der Waals surface area contributed by atoms with Gasteiger partial charge in [0.15, 0.2) is 5.82 Å². The molecule has 0 radical (unpaired) electrons. The van der Waals surface area contributed by atoms with E-state index in [2.05, 4.69) is 24.1 Å². The van der Waals surface area contributed by atoms with Crippen LogP contribution in [0, 0.1) is 13.8 Å². The van der Waals surface area contributed by atoms with Crippen molar-refractivity contribution in [3.05, 3.63) is 59.4 Å². The molecule has 6 heterocycles. The van der Waals surface area contributed by atoms with Gasteiger partial charge >= 0.3 is 0 Å². The van der Waals surface area contributed by atoms with Crippen molar-refractivity contribution in [3.8, 4) is 22.8 Å². The maximum atomic E-state index is 13.7. The lowest BCUT2D eigenvalue weighted by molar-refractivity contribution is 0.0726. The van der Waals surface area contributed by atoms with E-state index in [0.717, 1.165) is 63.1 Å². The number of carbonyl (C=O) groups is 1. The zero-order chi connectivity index (χ0) is 28.1. The molecule has 1 fully saturated rings. The van der Waals surface area contributed by atoms with Crippen LogP contribution in [-0.4, -0.2) is 73.4 Å². The van der Waals surface area contributed by atoms with Crippen LogP contribution < -0.4 is 10.1 Å². The minimum Gasteiger partial charge on any atom is -0.496 e. The lowest BCUT2D eigenvalue weighted by atomic mass is 10.0. The van der Waals surface area contributed by atoms with E-state index >= 15 is 0 Å². The van der Waals surface area contributed by atoms with Crippen molar-refractivity contribution in [2.45, 2.75) is 33.6 Å². The number of ether oxygens (including phenoxy) is 1. The number of piperazine rings is 1. The van der Waals surface area contributed by atoms with Crippen molar-refractivity contribution in [1.82, 2.24) is 39.5 Å². The third kappa shape index (κ3) is 4.10. The quantitative estimate of drug-likeness (QED) is 0.358. The molecule has 10 heteroatoms. The van der Waals surface area contributed by atoms with Crippen LogP contribution in [-0.2, 0) is 7.05 Å². The van der Waals surface area contributed by atoms with Gasteiger partial charge in [0.05, 0.1) is 41.3 Å². The molecule has 6 rings (SSSR count). The summed E-state index contributed by atoms with van der Waals surface area (Å²) in [7, 11) is 3.62. The number of aromatic nitrogens is 6. The van der Waals surface area contributed by atoms with Crippen LogP contribution in [0.3, 0.4) is 0 Å². The lowest BCUT2D eigenvalue weighted by Crippen LogP contribution is -2.47. The normalized spacial score (nSPS) is 14.0. The van der Waals surface area contributed by atoms with Gasteiger partial charge in [-0.1, -0.05) is 13.8 Å². The Kier molecular flexibility index (Phi) is 6.50. The summed E-state index contributed by atoms with van der Waals surface area (Å²) in [6, 6.07) is 5.87. The number of hydrogen-bond donors (Lipinski definition) is 1. The molecule has 0 aliphatic carbocycles.